The summed E-state index contributed by atoms with van der Waals surface area (Å²) >= 11 is 0. The van der Waals surface area contributed by atoms with E-state index < -0.39 is 34.3 Å². The molecule has 1 N–H and O–H groups in total. The van der Waals surface area contributed by atoms with Crippen molar-refractivity contribution in [3.05, 3.63) is 95.8 Å². The quantitative estimate of drug-likeness (QED) is 0.328. The number of ether oxygens (including phenoxy) is 1. The molecule has 0 bridgehead atoms. The largest absolute Gasteiger partial charge is 0.495 e. The first-order chi connectivity index (χ1) is 20.2. The van der Waals surface area contributed by atoms with Crippen molar-refractivity contribution in [1.82, 2.24) is 10.2 Å². The van der Waals surface area contributed by atoms with Crippen molar-refractivity contribution in [3.63, 3.8) is 0 Å². The lowest BCUT2D eigenvalue weighted by atomic mass is 9.94. The van der Waals surface area contributed by atoms with Crippen LogP contribution in [-0.4, -0.2) is 57.1 Å². The molecule has 1 aliphatic rings. The van der Waals surface area contributed by atoms with E-state index in [9.17, 15) is 22.4 Å². The van der Waals surface area contributed by atoms with Gasteiger partial charge in [0.2, 0.25) is 21.8 Å². The molecule has 1 fully saturated rings. The van der Waals surface area contributed by atoms with Crippen LogP contribution in [0.5, 0.6) is 5.75 Å². The lowest BCUT2D eigenvalue weighted by molar-refractivity contribution is -0.140. The summed E-state index contributed by atoms with van der Waals surface area (Å²) in [5.41, 5.74) is 1.67. The Bertz CT molecular complexity index is 1440. The van der Waals surface area contributed by atoms with Crippen LogP contribution < -0.4 is 14.4 Å². The van der Waals surface area contributed by atoms with Gasteiger partial charge in [0.1, 0.15) is 24.2 Å². The van der Waals surface area contributed by atoms with Crippen molar-refractivity contribution < 1.29 is 27.1 Å². The van der Waals surface area contributed by atoms with Crippen LogP contribution in [-0.2, 0) is 32.6 Å². The molecule has 4 rings (SSSR count). The summed E-state index contributed by atoms with van der Waals surface area (Å²) in [6, 6.07) is 20.7. The smallest absolute Gasteiger partial charge is 0.244 e. The number of halogens is 1. The zero-order valence-corrected chi connectivity index (χ0v) is 24.9. The number of methoxy groups -OCH3 is 1. The van der Waals surface area contributed by atoms with Crippen LogP contribution in [0.3, 0.4) is 0 Å². The molecule has 3 aromatic carbocycles. The highest BCUT2D eigenvalue weighted by atomic mass is 32.2. The van der Waals surface area contributed by atoms with Gasteiger partial charge in [-0.2, -0.15) is 0 Å². The minimum absolute atomic E-state index is 0.00777. The summed E-state index contributed by atoms with van der Waals surface area (Å²) in [6.07, 6.45) is 6.15. The van der Waals surface area contributed by atoms with Gasteiger partial charge in [-0.1, -0.05) is 73.9 Å². The first-order valence-electron chi connectivity index (χ1n) is 14.1. The van der Waals surface area contributed by atoms with Crippen LogP contribution in [0.15, 0.2) is 78.9 Å². The van der Waals surface area contributed by atoms with E-state index in [0.29, 0.717) is 5.56 Å². The number of nitrogens with zero attached hydrogens (tertiary/aromatic N) is 2. The molecule has 3 aromatic rings. The fourth-order valence-electron chi connectivity index (χ4n) is 5.32. The van der Waals surface area contributed by atoms with Crippen LogP contribution in [0.25, 0.3) is 0 Å². The Kier molecular flexibility index (Phi) is 10.6. The minimum atomic E-state index is -3.93. The highest BCUT2D eigenvalue weighted by Gasteiger charge is 2.34. The lowest BCUT2D eigenvalue weighted by Crippen LogP contribution is -2.55. The van der Waals surface area contributed by atoms with Crippen molar-refractivity contribution in [1.29, 1.82) is 0 Å². The summed E-state index contributed by atoms with van der Waals surface area (Å²) in [5, 5.41) is 3.16. The molecule has 1 aliphatic carbocycles. The van der Waals surface area contributed by atoms with Gasteiger partial charge < -0.3 is 15.0 Å². The summed E-state index contributed by atoms with van der Waals surface area (Å²) in [7, 11) is -2.51. The van der Waals surface area contributed by atoms with E-state index in [0.717, 1.165) is 48.2 Å². The third kappa shape index (κ3) is 8.31. The molecule has 0 spiro atoms. The second-order valence-corrected chi connectivity index (χ2v) is 12.5. The number of nitrogens with one attached hydrogen (secondary N) is 1. The van der Waals surface area contributed by atoms with Gasteiger partial charge in [0.25, 0.3) is 0 Å². The number of amides is 2. The van der Waals surface area contributed by atoms with Gasteiger partial charge in [-0.3, -0.25) is 13.9 Å². The van der Waals surface area contributed by atoms with Gasteiger partial charge in [0.05, 0.1) is 19.1 Å². The monoisotopic (exact) mass is 595 g/mol. The van der Waals surface area contributed by atoms with Gasteiger partial charge in [-0.05, 0) is 48.2 Å². The predicted octanol–water partition coefficient (Wildman–Crippen LogP) is 4.69. The Balaban J connectivity index is 1.73. The zero-order valence-electron chi connectivity index (χ0n) is 24.0. The zero-order chi connectivity index (χ0) is 30.1. The molecule has 0 heterocycles. The molecule has 1 saturated carbocycles. The first-order valence-corrected chi connectivity index (χ1v) is 16.0. The van der Waals surface area contributed by atoms with Crippen molar-refractivity contribution in [2.24, 2.45) is 0 Å². The normalized spacial score (nSPS) is 14.5. The third-order valence-corrected chi connectivity index (χ3v) is 8.65. The number of carbonyl (C=O) groups excluding carboxylic acids is 2. The molecule has 224 valence electrons. The van der Waals surface area contributed by atoms with Crippen LogP contribution in [0.2, 0.25) is 0 Å². The molecular weight excluding hydrogens is 557 g/mol. The summed E-state index contributed by atoms with van der Waals surface area (Å²) in [6.45, 7) is -0.569. The van der Waals surface area contributed by atoms with Gasteiger partial charge in [-0.15, -0.1) is 0 Å². The Hall–Kier alpha value is -3.92. The number of anilines is 1. The van der Waals surface area contributed by atoms with Gasteiger partial charge >= 0.3 is 0 Å². The van der Waals surface area contributed by atoms with Crippen LogP contribution >= 0.6 is 0 Å². The summed E-state index contributed by atoms with van der Waals surface area (Å²) in [5.74, 6) is -1.01. The van der Waals surface area contributed by atoms with E-state index in [2.05, 4.69) is 5.32 Å². The number of carbonyl (C=O) groups is 2. The molecule has 0 radical (unpaired) electrons. The van der Waals surface area contributed by atoms with Crippen molar-refractivity contribution in [2.75, 3.05) is 24.2 Å². The molecule has 8 nitrogen and oxygen atoms in total. The number of benzene rings is 3. The van der Waals surface area contributed by atoms with Crippen molar-refractivity contribution in [2.45, 2.75) is 57.2 Å². The van der Waals surface area contributed by atoms with Crippen LogP contribution in [0, 0.1) is 5.82 Å². The van der Waals surface area contributed by atoms with Gasteiger partial charge in [-0.25, -0.2) is 12.8 Å². The predicted molar refractivity (Wildman–Crippen MR) is 161 cm³/mol. The number of hydrogen-bond acceptors (Lipinski definition) is 5. The third-order valence-electron chi connectivity index (χ3n) is 7.52. The molecule has 42 heavy (non-hydrogen) atoms. The van der Waals surface area contributed by atoms with Crippen LogP contribution in [0.1, 0.15) is 43.2 Å². The average molecular weight is 596 g/mol. The molecule has 1 atom stereocenters. The topological polar surface area (TPSA) is 96.0 Å². The number of para-hydroxylation sites is 2. The maximum absolute atomic E-state index is 14.2. The Morgan fingerprint density at radius 2 is 1.57 bits per heavy atom. The molecule has 0 saturated heterocycles. The van der Waals surface area contributed by atoms with E-state index in [1.54, 1.807) is 36.4 Å². The average Bonchev–Trinajstić information content (AvgIpc) is 2.99. The van der Waals surface area contributed by atoms with Gasteiger partial charge in [0, 0.05) is 19.0 Å². The van der Waals surface area contributed by atoms with E-state index in [1.165, 1.54) is 24.1 Å². The number of hydrogen-bond donors (Lipinski definition) is 1. The number of rotatable bonds is 12. The maximum atomic E-state index is 14.2. The molecule has 0 aliphatic heterocycles. The highest BCUT2D eigenvalue weighted by molar-refractivity contribution is 7.92. The lowest BCUT2D eigenvalue weighted by Gasteiger charge is -2.35. The fraction of sp³-hybridized carbons (Fsp3) is 0.375. The Morgan fingerprint density at radius 1 is 0.929 bits per heavy atom. The fourth-order valence-corrected chi connectivity index (χ4v) is 6.17. The van der Waals surface area contributed by atoms with Crippen LogP contribution in [0.4, 0.5) is 10.1 Å². The van der Waals surface area contributed by atoms with E-state index in [1.807, 2.05) is 30.3 Å². The van der Waals surface area contributed by atoms with Gasteiger partial charge in [0.15, 0.2) is 0 Å². The van der Waals surface area contributed by atoms with Crippen molar-refractivity contribution in [3.8, 4) is 5.75 Å². The molecule has 10 heteroatoms. The van der Waals surface area contributed by atoms with E-state index in [4.69, 9.17) is 4.74 Å². The maximum Gasteiger partial charge on any atom is 0.244 e. The Labute approximate surface area is 247 Å². The SMILES string of the molecule is COc1ccccc1N(CC(=O)N(Cc1ccc(F)cc1)[C@@H](Cc1ccccc1)C(=O)NC1CCCCC1)S(C)(=O)=O. The molecular formula is C32H38FN3O5S. The van der Waals surface area contributed by atoms with Crippen molar-refractivity contribution >= 4 is 27.5 Å². The second-order valence-electron chi connectivity index (χ2n) is 10.6. The summed E-state index contributed by atoms with van der Waals surface area (Å²) < 4.78 is 46.1. The van der Waals surface area contributed by atoms with E-state index >= 15 is 0 Å². The Morgan fingerprint density at radius 3 is 2.21 bits per heavy atom. The number of sulfonamides is 1. The highest BCUT2D eigenvalue weighted by Crippen LogP contribution is 2.30. The minimum Gasteiger partial charge on any atom is -0.495 e. The first kappa shape index (κ1) is 31.0. The summed E-state index contributed by atoms with van der Waals surface area (Å²) in [4.78, 5) is 29.5. The molecule has 2 amide bonds. The van der Waals surface area contributed by atoms with E-state index in [-0.39, 0.29) is 36.4 Å². The standard InChI is InChI=1S/C32H38FN3O5S/c1-41-30-16-10-9-15-28(30)36(42(2,39)40)23-31(37)35(22-25-17-19-26(33)20-18-25)29(21-24-11-5-3-6-12-24)32(38)34-27-13-7-4-8-14-27/h3,5-6,9-12,15-20,27,29H,4,7-8,13-14,21-23H2,1-2H3,(H,34,38)/t29-/m0/s1. The molecule has 0 aromatic heterocycles. The second kappa shape index (κ2) is 14.3. The molecule has 0 unspecified atom stereocenters.